The molecule has 8 nitrogen and oxygen atoms in total. The Morgan fingerprint density at radius 2 is 1.93 bits per heavy atom. The predicted octanol–water partition coefficient (Wildman–Crippen LogP) is 2.85. The first-order valence-electron chi connectivity index (χ1n) is 9.90. The molecule has 3 N–H and O–H groups in total. The van der Waals surface area contributed by atoms with E-state index in [1.165, 1.54) is 11.8 Å². The van der Waals surface area contributed by atoms with Gasteiger partial charge >= 0.3 is 0 Å². The van der Waals surface area contributed by atoms with Gasteiger partial charge in [0.25, 0.3) is 5.91 Å². The summed E-state index contributed by atoms with van der Waals surface area (Å²) >= 11 is 0. The Balaban J connectivity index is 0.00000320. The molecule has 1 amide bonds. The van der Waals surface area contributed by atoms with E-state index in [0.29, 0.717) is 18.8 Å². The molecule has 0 saturated carbocycles. The second-order valence-electron chi connectivity index (χ2n) is 6.67. The zero-order valence-electron chi connectivity index (χ0n) is 17.3. The third-order valence-corrected chi connectivity index (χ3v) is 4.45. The molecule has 0 fully saturated rings. The molecule has 1 aliphatic rings. The van der Waals surface area contributed by atoms with Gasteiger partial charge < -0.3 is 29.8 Å². The number of hydrogen-bond donors (Lipinski definition) is 3. The van der Waals surface area contributed by atoms with Crippen LogP contribution in [0.4, 0.5) is 0 Å². The highest BCUT2D eigenvalue weighted by Crippen LogP contribution is 2.32. The van der Waals surface area contributed by atoms with Gasteiger partial charge in [0.15, 0.2) is 23.2 Å². The van der Waals surface area contributed by atoms with Crippen molar-refractivity contribution < 1.29 is 18.7 Å². The summed E-state index contributed by atoms with van der Waals surface area (Å²) in [4.78, 5) is 16.5. The van der Waals surface area contributed by atoms with E-state index in [-0.39, 0.29) is 36.7 Å². The number of fused-ring (bicyclic) bond motifs is 1. The number of aliphatic imine (C=N–C) groups is 1. The summed E-state index contributed by atoms with van der Waals surface area (Å²) < 4.78 is 15.9. The lowest BCUT2D eigenvalue weighted by atomic mass is 10.1. The fraction of sp³-hybridized carbons (Fsp3) is 0.429. The molecule has 30 heavy (non-hydrogen) atoms. The van der Waals surface area contributed by atoms with Crippen molar-refractivity contribution in [2.75, 3.05) is 33.0 Å². The summed E-state index contributed by atoms with van der Waals surface area (Å²) in [5.41, 5.74) is 2.01. The normalized spacial score (nSPS) is 12.3. The van der Waals surface area contributed by atoms with Gasteiger partial charge in [0, 0.05) is 31.7 Å². The van der Waals surface area contributed by atoms with Crippen LogP contribution in [-0.2, 0) is 6.42 Å². The highest BCUT2D eigenvalue weighted by molar-refractivity contribution is 14.0. The van der Waals surface area contributed by atoms with E-state index < -0.39 is 0 Å². The van der Waals surface area contributed by atoms with Gasteiger partial charge in [-0.1, -0.05) is 6.07 Å². The molecule has 164 valence electrons. The van der Waals surface area contributed by atoms with Crippen molar-refractivity contribution in [1.82, 2.24) is 16.0 Å². The van der Waals surface area contributed by atoms with Crippen LogP contribution in [0.3, 0.4) is 0 Å². The fourth-order valence-corrected chi connectivity index (χ4v) is 2.92. The van der Waals surface area contributed by atoms with Crippen LogP contribution in [0.15, 0.2) is 39.9 Å². The predicted molar refractivity (Wildman–Crippen MR) is 126 cm³/mol. The van der Waals surface area contributed by atoms with E-state index >= 15 is 0 Å². The van der Waals surface area contributed by atoms with Gasteiger partial charge in [-0.25, -0.2) is 0 Å². The molecule has 0 unspecified atom stereocenters. The smallest absolute Gasteiger partial charge is 0.287 e. The number of carbonyl (C=O) groups excluding carboxylic acids is 1. The molecule has 3 rings (SSSR count). The first kappa shape index (κ1) is 23.8. The molecular weight excluding hydrogens is 499 g/mol. The fourth-order valence-electron chi connectivity index (χ4n) is 2.92. The van der Waals surface area contributed by atoms with Crippen LogP contribution in [0, 0.1) is 6.92 Å². The van der Waals surface area contributed by atoms with Crippen molar-refractivity contribution in [3.05, 3.63) is 47.4 Å². The van der Waals surface area contributed by atoms with Gasteiger partial charge in [0.05, 0.1) is 6.26 Å². The summed E-state index contributed by atoms with van der Waals surface area (Å²) in [7, 11) is 0. The van der Waals surface area contributed by atoms with Gasteiger partial charge in [-0.05, 0) is 50.5 Å². The number of carbonyl (C=O) groups is 1. The van der Waals surface area contributed by atoms with Crippen molar-refractivity contribution in [2.45, 2.75) is 26.7 Å². The van der Waals surface area contributed by atoms with Crippen LogP contribution in [0.2, 0.25) is 0 Å². The van der Waals surface area contributed by atoms with E-state index in [2.05, 4.69) is 20.9 Å². The third kappa shape index (κ3) is 6.82. The molecule has 0 spiro atoms. The largest absolute Gasteiger partial charge is 0.459 e. The Labute approximate surface area is 193 Å². The minimum atomic E-state index is -0.190. The molecule has 2 heterocycles. The quantitative estimate of drug-likeness (QED) is 0.201. The number of guanidine groups is 1. The highest BCUT2D eigenvalue weighted by atomic mass is 127. The van der Waals surface area contributed by atoms with E-state index in [4.69, 9.17) is 13.9 Å². The number of rotatable bonds is 9. The van der Waals surface area contributed by atoms with Gasteiger partial charge in [0.2, 0.25) is 6.79 Å². The summed E-state index contributed by atoms with van der Waals surface area (Å²) in [6, 6.07) is 7.77. The van der Waals surface area contributed by atoms with Gasteiger partial charge in [-0.2, -0.15) is 0 Å². The summed E-state index contributed by atoms with van der Waals surface area (Å²) in [5.74, 6) is 2.54. The van der Waals surface area contributed by atoms with Crippen LogP contribution in [0.5, 0.6) is 11.5 Å². The number of nitrogens with zero attached hydrogens (tertiary/aromatic N) is 1. The Morgan fingerprint density at radius 1 is 1.10 bits per heavy atom. The molecule has 0 atom stereocenters. The molecular formula is C21H29IN4O4. The molecule has 1 aromatic heterocycles. The van der Waals surface area contributed by atoms with Crippen LogP contribution in [0.1, 0.15) is 35.0 Å². The average molecular weight is 528 g/mol. The van der Waals surface area contributed by atoms with Crippen LogP contribution >= 0.6 is 24.0 Å². The number of ether oxygens (including phenoxy) is 2. The molecule has 0 bridgehead atoms. The van der Waals surface area contributed by atoms with E-state index in [1.807, 2.05) is 32.0 Å². The summed E-state index contributed by atoms with van der Waals surface area (Å²) in [6.45, 7) is 6.84. The minimum absolute atomic E-state index is 0. The van der Waals surface area contributed by atoms with Crippen LogP contribution in [-0.4, -0.2) is 44.8 Å². The maximum atomic E-state index is 12.0. The molecule has 0 saturated heterocycles. The number of hydrogen-bond acceptors (Lipinski definition) is 5. The second-order valence-corrected chi connectivity index (χ2v) is 6.67. The summed E-state index contributed by atoms with van der Waals surface area (Å²) in [5, 5.41) is 9.41. The topological polar surface area (TPSA) is 97.1 Å². The van der Waals surface area contributed by atoms with Crippen molar-refractivity contribution in [3.63, 3.8) is 0 Å². The SMILES string of the molecule is CCNC(=NCCCNC(=O)c1occc1C)NCCc1ccc2c(c1)OCO2.I. The third-order valence-electron chi connectivity index (χ3n) is 4.45. The zero-order valence-corrected chi connectivity index (χ0v) is 19.7. The average Bonchev–Trinajstić information content (AvgIpc) is 3.35. The molecule has 1 aliphatic heterocycles. The zero-order chi connectivity index (χ0) is 20.5. The Hall–Kier alpha value is -2.43. The van der Waals surface area contributed by atoms with E-state index in [0.717, 1.165) is 49.0 Å². The number of amides is 1. The van der Waals surface area contributed by atoms with E-state index in [9.17, 15) is 4.79 Å². The molecule has 9 heteroatoms. The maximum absolute atomic E-state index is 12.0. The number of furan rings is 1. The molecule has 0 aliphatic carbocycles. The van der Waals surface area contributed by atoms with Gasteiger partial charge in [0.1, 0.15) is 0 Å². The lowest BCUT2D eigenvalue weighted by Gasteiger charge is -2.11. The first-order valence-corrected chi connectivity index (χ1v) is 9.90. The van der Waals surface area contributed by atoms with Crippen LogP contribution in [0.25, 0.3) is 0 Å². The molecule has 2 aromatic rings. The highest BCUT2D eigenvalue weighted by Gasteiger charge is 2.13. The van der Waals surface area contributed by atoms with Crippen molar-refractivity contribution in [2.24, 2.45) is 4.99 Å². The lowest BCUT2D eigenvalue weighted by Crippen LogP contribution is -2.38. The van der Waals surface area contributed by atoms with E-state index in [1.54, 1.807) is 6.07 Å². The number of aryl methyl sites for hydroxylation is 1. The Kier molecular flexibility index (Phi) is 9.78. The second kappa shape index (κ2) is 12.3. The number of benzene rings is 1. The maximum Gasteiger partial charge on any atom is 0.287 e. The number of halogens is 1. The molecule has 0 radical (unpaired) electrons. The minimum Gasteiger partial charge on any atom is -0.459 e. The lowest BCUT2D eigenvalue weighted by molar-refractivity contribution is 0.0925. The standard InChI is InChI=1S/C21H28N4O4.HI/c1-3-22-21(24-10-4-9-23-20(26)19-15(2)8-12-27-19)25-11-7-16-5-6-17-18(13-16)29-14-28-17;/h5-6,8,12-13H,3-4,7,9-11,14H2,1-2H3,(H,23,26)(H2,22,24,25);1H. The first-order chi connectivity index (χ1) is 14.2. The van der Waals surface area contributed by atoms with Gasteiger partial charge in [-0.3, -0.25) is 9.79 Å². The van der Waals surface area contributed by atoms with Crippen molar-refractivity contribution in [1.29, 1.82) is 0 Å². The summed E-state index contributed by atoms with van der Waals surface area (Å²) in [6.07, 6.45) is 3.11. The Bertz CT molecular complexity index is 853. The Morgan fingerprint density at radius 3 is 2.70 bits per heavy atom. The monoisotopic (exact) mass is 528 g/mol. The number of nitrogens with one attached hydrogen (secondary N) is 3. The van der Waals surface area contributed by atoms with Crippen LogP contribution < -0.4 is 25.4 Å². The van der Waals surface area contributed by atoms with Gasteiger partial charge in [-0.15, -0.1) is 24.0 Å². The molecule has 1 aromatic carbocycles. The van der Waals surface area contributed by atoms with Crippen molar-refractivity contribution >= 4 is 35.8 Å². The van der Waals surface area contributed by atoms with Crippen molar-refractivity contribution in [3.8, 4) is 11.5 Å².